The van der Waals surface area contributed by atoms with Gasteiger partial charge in [0.15, 0.2) is 11.3 Å². The van der Waals surface area contributed by atoms with Crippen LogP contribution in [0, 0.1) is 6.92 Å². The number of carbonyl (C=O) groups is 1. The Kier molecular flexibility index (Phi) is 4.95. The van der Waals surface area contributed by atoms with Gasteiger partial charge < -0.3 is 5.32 Å². The predicted molar refractivity (Wildman–Crippen MR) is 121 cm³/mol. The molecular weight excluding hydrogens is 428 g/mol. The molecule has 0 radical (unpaired) electrons. The average Bonchev–Trinajstić information content (AvgIpc) is 3.48. The Balaban J connectivity index is 1.37. The molecule has 0 saturated heterocycles. The molecule has 1 aromatic carbocycles. The Morgan fingerprint density at radius 1 is 1.16 bits per heavy atom. The van der Waals surface area contributed by atoms with Crippen molar-refractivity contribution >= 4 is 28.8 Å². The van der Waals surface area contributed by atoms with Gasteiger partial charge in [0, 0.05) is 41.8 Å². The molecule has 5 rings (SSSR count). The minimum absolute atomic E-state index is 0.258. The minimum atomic E-state index is -0.341. The second kappa shape index (κ2) is 7.93. The van der Waals surface area contributed by atoms with Crippen LogP contribution in [0.5, 0.6) is 0 Å². The number of aryl methyl sites for hydroxylation is 1. The van der Waals surface area contributed by atoms with Gasteiger partial charge in [-0.25, -0.2) is 9.50 Å². The van der Waals surface area contributed by atoms with Crippen molar-refractivity contribution in [2.24, 2.45) is 7.05 Å². The van der Waals surface area contributed by atoms with E-state index in [0.29, 0.717) is 22.9 Å². The highest BCUT2D eigenvalue weighted by Gasteiger charge is 2.17. The largest absolute Gasteiger partial charge is 0.318 e. The molecule has 0 aliphatic rings. The van der Waals surface area contributed by atoms with Crippen molar-refractivity contribution in [3.05, 3.63) is 83.2 Å². The molecule has 9 nitrogen and oxygen atoms in total. The van der Waals surface area contributed by atoms with E-state index in [0.717, 1.165) is 22.5 Å². The highest BCUT2D eigenvalue weighted by molar-refractivity contribution is 6.30. The first-order chi connectivity index (χ1) is 15.5. The van der Waals surface area contributed by atoms with Crippen LogP contribution in [0.4, 0.5) is 5.69 Å². The molecule has 4 aromatic heterocycles. The molecule has 4 heterocycles. The van der Waals surface area contributed by atoms with Gasteiger partial charge >= 0.3 is 0 Å². The standard InChI is InChI=1S/C22H19ClN8O/c1-14-18(11-25-29(14)2)20-6-7-24-21-9-19(28-31(20)21)22(32)27-17-10-26-30(13-17)12-15-4-3-5-16(23)8-15/h3-11,13H,12H2,1-2H3,(H,27,32). The Morgan fingerprint density at radius 3 is 2.81 bits per heavy atom. The normalized spacial score (nSPS) is 11.2. The third kappa shape index (κ3) is 3.74. The summed E-state index contributed by atoms with van der Waals surface area (Å²) in [6.07, 6.45) is 6.83. The summed E-state index contributed by atoms with van der Waals surface area (Å²) in [7, 11) is 1.88. The molecule has 0 saturated carbocycles. The fourth-order valence-electron chi connectivity index (χ4n) is 3.49. The van der Waals surface area contributed by atoms with Gasteiger partial charge in [0.25, 0.3) is 5.91 Å². The number of halogens is 1. The van der Waals surface area contributed by atoms with E-state index in [1.165, 1.54) is 0 Å². The Morgan fingerprint density at radius 2 is 2.03 bits per heavy atom. The van der Waals surface area contributed by atoms with E-state index in [9.17, 15) is 4.79 Å². The molecule has 0 aliphatic heterocycles. The molecule has 0 bridgehead atoms. The number of nitrogens with zero attached hydrogens (tertiary/aromatic N) is 7. The monoisotopic (exact) mass is 446 g/mol. The van der Waals surface area contributed by atoms with Gasteiger partial charge in [-0.2, -0.15) is 15.3 Å². The van der Waals surface area contributed by atoms with Gasteiger partial charge in [-0.05, 0) is 30.7 Å². The van der Waals surface area contributed by atoms with Crippen molar-refractivity contribution in [2.75, 3.05) is 5.32 Å². The van der Waals surface area contributed by atoms with E-state index in [-0.39, 0.29) is 11.6 Å². The average molecular weight is 447 g/mol. The van der Waals surface area contributed by atoms with E-state index >= 15 is 0 Å². The van der Waals surface area contributed by atoms with Crippen LogP contribution in [0.3, 0.4) is 0 Å². The number of benzene rings is 1. The van der Waals surface area contributed by atoms with Crippen LogP contribution < -0.4 is 5.32 Å². The highest BCUT2D eigenvalue weighted by atomic mass is 35.5. The van der Waals surface area contributed by atoms with Gasteiger partial charge in [-0.3, -0.25) is 14.2 Å². The smallest absolute Gasteiger partial charge is 0.276 e. The zero-order valence-electron chi connectivity index (χ0n) is 17.4. The maximum absolute atomic E-state index is 12.8. The second-order valence-electron chi connectivity index (χ2n) is 7.41. The van der Waals surface area contributed by atoms with Crippen LogP contribution in [0.25, 0.3) is 16.9 Å². The van der Waals surface area contributed by atoms with Crippen LogP contribution >= 0.6 is 11.6 Å². The van der Waals surface area contributed by atoms with Gasteiger partial charge in [0.2, 0.25) is 0 Å². The number of hydrogen-bond acceptors (Lipinski definition) is 5. The summed E-state index contributed by atoms with van der Waals surface area (Å²) in [5.74, 6) is -0.341. The molecule has 32 heavy (non-hydrogen) atoms. The number of carbonyl (C=O) groups excluding carboxylic acids is 1. The number of nitrogens with one attached hydrogen (secondary N) is 1. The molecule has 5 aromatic rings. The Hall–Kier alpha value is -3.98. The molecule has 160 valence electrons. The van der Waals surface area contributed by atoms with Gasteiger partial charge in [0.05, 0.1) is 30.3 Å². The zero-order valence-corrected chi connectivity index (χ0v) is 18.2. The molecule has 10 heteroatoms. The summed E-state index contributed by atoms with van der Waals surface area (Å²) < 4.78 is 5.18. The third-order valence-electron chi connectivity index (χ3n) is 5.23. The molecule has 1 amide bonds. The summed E-state index contributed by atoms with van der Waals surface area (Å²) >= 11 is 6.04. The van der Waals surface area contributed by atoms with Crippen molar-refractivity contribution in [1.29, 1.82) is 0 Å². The topological polar surface area (TPSA) is 94.9 Å². The van der Waals surface area contributed by atoms with E-state index in [2.05, 4.69) is 25.6 Å². The molecule has 0 unspecified atom stereocenters. The summed E-state index contributed by atoms with van der Waals surface area (Å²) in [6, 6.07) is 11.1. The van der Waals surface area contributed by atoms with Crippen LogP contribution in [-0.4, -0.2) is 40.1 Å². The van der Waals surface area contributed by atoms with Crippen LogP contribution in [0.1, 0.15) is 21.7 Å². The van der Waals surface area contributed by atoms with Crippen LogP contribution in [0.15, 0.2) is 61.2 Å². The van der Waals surface area contributed by atoms with E-state index in [1.807, 2.05) is 44.3 Å². The molecule has 0 spiro atoms. The Labute approximate surface area is 188 Å². The fourth-order valence-corrected chi connectivity index (χ4v) is 3.71. The second-order valence-corrected chi connectivity index (χ2v) is 7.84. The first-order valence-corrected chi connectivity index (χ1v) is 10.3. The number of amides is 1. The van der Waals surface area contributed by atoms with Gasteiger partial charge in [0.1, 0.15) is 0 Å². The summed E-state index contributed by atoms with van der Waals surface area (Å²) in [5.41, 5.74) is 5.16. The Bertz CT molecular complexity index is 1450. The first-order valence-electron chi connectivity index (χ1n) is 9.90. The molecule has 0 fully saturated rings. The number of hydrogen-bond donors (Lipinski definition) is 1. The molecule has 1 N–H and O–H groups in total. The lowest BCUT2D eigenvalue weighted by molar-refractivity contribution is 0.102. The van der Waals surface area contributed by atoms with Crippen LogP contribution in [0.2, 0.25) is 5.02 Å². The van der Waals surface area contributed by atoms with Crippen molar-refractivity contribution in [2.45, 2.75) is 13.5 Å². The summed E-state index contributed by atoms with van der Waals surface area (Å²) in [6.45, 7) is 2.52. The lowest BCUT2D eigenvalue weighted by Gasteiger charge is -2.03. The summed E-state index contributed by atoms with van der Waals surface area (Å²) in [5, 5.41) is 16.6. The maximum atomic E-state index is 12.8. The number of aromatic nitrogens is 7. The lowest BCUT2D eigenvalue weighted by Crippen LogP contribution is -2.12. The molecule has 0 aliphatic carbocycles. The van der Waals surface area contributed by atoms with Crippen molar-refractivity contribution in [3.8, 4) is 11.3 Å². The van der Waals surface area contributed by atoms with Gasteiger partial charge in [-0.1, -0.05) is 23.7 Å². The van der Waals surface area contributed by atoms with Crippen molar-refractivity contribution in [3.63, 3.8) is 0 Å². The summed E-state index contributed by atoms with van der Waals surface area (Å²) in [4.78, 5) is 17.2. The van der Waals surface area contributed by atoms with Gasteiger partial charge in [-0.15, -0.1) is 0 Å². The number of anilines is 1. The zero-order chi connectivity index (χ0) is 22.2. The molecular formula is C22H19ClN8O. The van der Waals surface area contributed by atoms with E-state index in [4.69, 9.17) is 11.6 Å². The van der Waals surface area contributed by atoms with Crippen molar-refractivity contribution < 1.29 is 4.79 Å². The minimum Gasteiger partial charge on any atom is -0.318 e. The fraction of sp³-hybridized carbons (Fsp3) is 0.136. The third-order valence-corrected chi connectivity index (χ3v) is 5.46. The van der Waals surface area contributed by atoms with Crippen LogP contribution in [-0.2, 0) is 13.6 Å². The van der Waals surface area contributed by atoms with Crippen molar-refractivity contribution in [1.82, 2.24) is 34.2 Å². The predicted octanol–water partition coefficient (Wildman–Crippen LogP) is 3.59. The lowest BCUT2D eigenvalue weighted by atomic mass is 10.2. The maximum Gasteiger partial charge on any atom is 0.276 e. The van der Waals surface area contributed by atoms with E-state index in [1.54, 1.807) is 44.7 Å². The highest BCUT2D eigenvalue weighted by Crippen LogP contribution is 2.23. The number of rotatable bonds is 5. The SMILES string of the molecule is Cc1c(-c2ccnc3cc(C(=O)Nc4cnn(Cc5cccc(Cl)c5)c4)nn23)cnn1C. The first kappa shape index (κ1) is 20.0. The molecule has 0 atom stereocenters. The van der Waals surface area contributed by atoms with E-state index < -0.39 is 0 Å². The quantitative estimate of drug-likeness (QED) is 0.445. The number of fused-ring (bicyclic) bond motifs is 1.